The molecule has 0 atom stereocenters. The maximum atomic E-state index is 5.53. The molecule has 1 aliphatic carbocycles. The Bertz CT molecular complexity index is 662. The van der Waals surface area contributed by atoms with E-state index in [1.807, 2.05) is 26.2 Å². The minimum absolute atomic E-state index is 0.563. The van der Waals surface area contributed by atoms with Crippen LogP contribution in [-0.2, 0) is 4.74 Å². The second kappa shape index (κ2) is 5.12. The molecular weight excluding hydrogens is 250 g/mol. The molecule has 2 aromatic heterocycles. The highest BCUT2D eigenvalue weighted by atomic mass is 16.5. The van der Waals surface area contributed by atoms with Gasteiger partial charge in [-0.2, -0.15) is 0 Å². The summed E-state index contributed by atoms with van der Waals surface area (Å²) in [5, 5.41) is 5.58. The summed E-state index contributed by atoms with van der Waals surface area (Å²) in [7, 11) is 0. The van der Waals surface area contributed by atoms with Gasteiger partial charge in [-0.15, -0.1) is 0 Å². The standard InChI is InChI=1S/C16H19N3O/c1-4-20-11(3)14-8-18-16(19-12-5-6-12)15-9-17-10(2)7-13(14)15/h7-9,12H,3-6H2,1-2H3,(H,18,19). The van der Waals surface area contributed by atoms with Gasteiger partial charge in [-0.3, -0.25) is 4.98 Å². The fourth-order valence-corrected chi connectivity index (χ4v) is 2.25. The van der Waals surface area contributed by atoms with Gasteiger partial charge in [0.15, 0.2) is 0 Å². The molecule has 20 heavy (non-hydrogen) atoms. The third kappa shape index (κ3) is 2.46. The van der Waals surface area contributed by atoms with Gasteiger partial charge in [-0.1, -0.05) is 6.58 Å². The Kier molecular flexibility index (Phi) is 3.30. The normalized spacial score (nSPS) is 14.3. The van der Waals surface area contributed by atoms with E-state index in [1.165, 1.54) is 12.8 Å². The molecule has 0 aromatic carbocycles. The summed E-state index contributed by atoms with van der Waals surface area (Å²) in [5.74, 6) is 1.57. The van der Waals surface area contributed by atoms with Gasteiger partial charge in [0.05, 0.1) is 6.61 Å². The van der Waals surface area contributed by atoms with Gasteiger partial charge in [0, 0.05) is 40.5 Å². The van der Waals surface area contributed by atoms with Gasteiger partial charge < -0.3 is 10.1 Å². The second-order valence-electron chi connectivity index (χ2n) is 5.17. The van der Waals surface area contributed by atoms with Gasteiger partial charge >= 0.3 is 0 Å². The SMILES string of the molecule is C=C(OCC)c1cnc(NC2CC2)c2cnc(C)cc12. The van der Waals surface area contributed by atoms with Crippen LogP contribution in [0.4, 0.5) is 5.82 Å². The van der Waals surface area contributed by atoms with E-state index >= 15 is 0 Å². The summed E-state index contributed by atoms with van der Waals surface area (Å²) in [6.45, 7) is 8.54. The molecule has 104 valence electrons. The third-order valence-corrected chi connectivity index (χ3v) is 3.45. The first-order valence-electron chi connectivity index (χ1n) is 7.03. The molecule has 0 aliphatic heterocycles. The number of nitrogens with zero attached hydrogens (tertiary/aromatic N) is 2. The Hall–Kier alpha value is -2.10. The van der Waals surface area contributed by atoms with Crippen LogP contribution in [0.15, 0.2) is 25.0 Å². The van der Waals surface area contributed by atoms with Crippen molar-refractivity contribution in [2.75, 3.05) is 11.9 Å². The Labute approximate surface area is 118 Å². The van der Waals surface area contributed by atoms with Crippen LogP contribution in [0.5, 0.6) is 0 Å². The van der Waals surface area contributed by atoms with Crippen molar-refractivity contribution in [2.45, 2.75) is 32.7 Å². The highest BCUT2D eigenvalue weighted by Crippen LogP contribution is 2.32. The average molecular weight is 269 g/mol. The van der Waals surface area contributed by atoms with Crippen LogP contribution in [0.2, 0.25) is 0 Å². The number of ether oxygens (including phenoxy) is 1. The Morgan fingerprint density at radius 2 is 2.15 bits per heavy atom. The van der Waals surface area contributed by atoms with Crippen LogP contribution in [0, 0.1) is 6.92 Å². The van der Waals surface area contributed by atoms with Crippen LogP contribution >= 0.6 is 0 Å². The van der Waals surface area contributed by atoms with E-state index in [0.717, 1.165) is 27.8 Å². The molecule has 1 fully saturated rings. The van der Waals surface area contributed by atoms with E-state index in [0.29, 0.717) is 18.4 Å². The van der Waals surface area contributed by atoms with Crippen LogP contribution in [0.3, 0.4) is 0 Å². The largest absolute Gasteiger partial charge is 0.494 e. The smallest absolute Gasteiger partial charge is 0.135 e. The average Bonchev–Trinajstić information content (AvgIpc) is 3.23. The molecule has 1 aliphatic rings. The number of hydrogen-bond acceptors (Lipinski definition) is 4. The summed E-state index contributed by atoms with van der Waals surface area (Å²) in [4.78, 5) is 8.92. The summed E-state index contributed by atoms with van der Waals surface area (Å²) in [6.07, 6.45) is 6.15. The zero-order valence-electron chi connectivity index (χ0n) is 11.9. The predicted octanol–water partition coefficient (Wildman–Crippen LogP) is 3.52. The zero-order valence-corrected chi connectivity index (χ0v) is 11.9. The van der Waals surface area contributed by atoms with Crippen molar-refractivity contribution in [3.05, 3.63) is 36.3 Å². The molecule has 0 spiro atoms. The minimum Gasteiger partial charge on any atom is -0.494 e. The van der Waals surface area contributed by atoms with Crippen molar-refractivity contribution in [1.82, 2.24) is 9.97 Å². The molecule has 4 nitrogen and oxygen atoms in total. The number of fused-ring (bicyclic) bond motifs is 1. The lowest BCUT2D eigenvalue weighted by Crippen LogP contribution is -2.05. The quantitative estimate of drug-likeness (QED) is 0.844. The van der Waals surface area contributed by atoms with Gasteiger partial charge in [0.1, 0.15) is 11.6 Å². The molecule has 2 aromatic rings. The monoisotopic (exact) mass is 269 g/mol. The molecular formula is C16H19N3O. The molecule has 1 N–H and O–H groups in total. The number of pyridine rings is 2. The fraction of sp³-hybridized carbons (Fsp3) is 0.375. The van der Waals surface area contributed by atoms with E-state index in [1.54, 1.807) is 0 Å². The highest BCUT2D eigenvalue weighted by Gasteiger charge is 2.23. The minimum atomic E-state index is 0.563. The molecule has 0 unspecified atom stereocenters. The maximum absolute atomic E-state index is 5.53. The van der Waals surface area contributed by atoms with Gasteiger partial charge in [-0.25, -0.2) is 4.98 Å². The number of rotatable bonds is 5. The molecule has 0 amide bonds. The van der Waals surface area contributed by atoms with Crippen molar-refractivity contribution in [1.29, 1.82) is 0 Å². The maximum Gasteiger partial charge on any atom is 0.135 e. The van der Waals surface area contributed by atoms with E-state index < -0.39 is 0 Å². The van der Waals surface area contributed by atoms with Crippen molar-refractivity contribution in [3.63, 3.8) is 0 Å². The van der Waals surface area contributed by atoms with Crippen LogP contribution in [0.1, 0.15) is 31.0 Å². The van der Waals surface area contributed by atoms with Crippen molar-refractivity contribution >= 4 is 22.3 Å². The van der Waals surface area contributed by atoms with E-state index in [2.05, 4.69) is 27.9 Å². The molecule has 0 bridgehead atoms. The highest BCUT2D eigenvalue weighted by molar-refractivity contribution is 5.98. The molecule has 4 heteroatoms. The summed E-state index contributed by atoms with van der Waals surface area (Å²) in [6, 6.07) is 2.63. The predicted molar refractivity (Wildman–Crippen MR) is 81.6 cm³/mol. The first kappa shape index (κ1) is 12.9. The molecule has 0 saturated heterocycles. The van der Waals surface area contributed by atoms with Gasteiger partial charge in [0.2, 0.25) is 0 Å². The number of anilines is 1. The number of hydrogen-bond donors (Lipinski definition) is 1. The van der Waals surface area contributed by atoms with Crippen LogP contribution < -0.4 is 5.32 Å². The van der Waals surface area contributed by atoms with E-state index in [-0.39, 0.29) is 0 Å². The molecule has 1 saturated carbocycles. The van der Waals surface area contributed by atoms with Gasteiger partial charge in [0.25, 0.3) is 0 Å². The van der Waals surface area contributed by atoms with Gasteiger partial charge in [-0.05, 0) is 32.8 Å². The number of aryl methyl sites for hydroxylation is 1. The zero-order chi connectivity index (χ0) is 14.1. The lowest BCUT2D eigenvalue weighted by Gasteiger charge is -2.13. The summed E-state index contributed by atoms with van der Waals surface area (Å²) < 4.78 is 5.53. The number of nitrogens with one attached hydrogen (secondary N) is 1. The Balaban J connectivity index is 2.11. The molecule has 3 rings (SSSR count). The van der Waals surface area contributed by atoms with Crippen molar-refractivity contribution < 1.29 is 4.74 Å². The first-order chi connectivity index (χ1) is 9.69. The third-order valence-electron chi connectivity index (χ3n) is 3.45. The topological polar surface area (TPSA) is 47.0 Å². The van der Waals surface area contributed by atoms with E-state index in [9.17, 15) is 0 Å². The first-order valence-corrected chi connectivity index (χ1v) is 7.03. The second-order valence-corrected chi connectivity index (χ2v) is 5.17. The van der Waals surface area contributed by atoms with Crippen LogP contribution in [-0.4, -0.2) is 22.6 Å². The van der Waals surface area contributed by atoms with Crippen LogP contribution in [0.25, 0.3) is 16.5 Å². The van der Waals surface area contributed by atoms with Crippen molar-refractivity contribution in [2.24, 2.45) is 0 Å². The number of aromatic nitrogens is 2. The summed E-state index contributed by atoms with van der Waals surface area (Å²) >= 11 is 0. The Morgan fingerprint density at radius 1 is 1.35 bits per heavy atom. The summed E-state index contributed by atoms with van der Waals surface area (Å²) in [5.41, 5.74) is 1.92. The van der Waals surface area contributed by atoms with Crippen molar-refractivity contribution in [3.8, 4) is 0 Å². The lowest BCUT2D eigenvalue weighted by atomic mass is 10.1. The molecule has 2 heterocycles. The lowest BCUT2D eigenvalue weighted by molar-refractivity contribution is 0.299. The fourth-order valence-electron chi connectivity index (χ4n) is 2.25. The molecule has 0 radical (unpaired) electrons. The Morgan fingerprint density at radius 3 is 2.85 bits per heavy atom. The van der Waals surface area contributed by atoms with E-state index in [4.69, 9.17) is 4.74 Å².